The summed E-state index contributed by atoms with van der Waals surface area (Å²) in [6, 6.07) is 1.73. The summed E-state index contributed by atoms with van der Waals surface area (Å²) in [4.78, 5) is 35.5. The van der Waals surface area contributed by atoms with Crippen LogP contribution in [-0.2, 0) is 19.1 Å². The quantitative estimate of drug-likeness (QED) is 0.499. The van der Waals surface area contributed by atoms with Crippen molar-refractivity contribution in [3.8, 4) is 5.75 Å². The minimum absolute atomic E-state index is 0.0506. The molecule has 2 aliphatic rings. The highest BCUT2D eigenvalue weighted by atomic mass is 16.5. The number of aromatic nitrogens is 1. The number of nitrogens with two attached hydrogens (primary N) is 1. The van der Waals surface area contributed by atoms with E-state index in [0.29, 0.717) is 48.6 Å². The first-order valence-electron chi connectivity index (χ1n) is 10.6. The van der Waals surface area contributed by atoms with Crippen molar-refractivity contribution in [1.29, 1.82) is 0 Å². The second-order valence-electron chi connectivity index (χ2n) is 8.58. The molecule has 0 saturated heterocycles. The van der Waals surface area contributed by atoms with E-state index in [4.69, 9.17) is 24.9 Å². The third-order valence-electron chi connectivity index (χ3n) is 5.61. The number of ketones is 1. The molecule has 8 nitrogen and oxygen atoms in total. The van der Waals surface area contributed by atoms with Crippen LogP contribution < -0.4 is 10.5 Å². The van der Waals surface area contributed by atoms with Gasteiger partial charge in [-0.1, -0.05) is 13.8 Å². The molecule has 0 radical (unpaired) electrons. The lowest BCUT2D eigenvalue weighted by Gasteiger charge is -2.41. The van der Waals surface area contributed by atoms with Gasteiger partial charge >= 0.3 is 5.97 Å². The van der Waals surface area contributed by atoms with Gasteiger partial charge in [-0.2, -0.15) is 0 Å². The first-order chi connectivity index (χ1) is 14.8. The Morgan fingerprint density at radius 1 is 1.29 bits per heavy atom. The van der Waals surface area contributed by atoms with E-state index in [0.717, 1.165) is 5.71 Å². The van der Waals surface area contributed by atoms with Crippen LogP contribution in [0.4, 0.5) is 0 Å². The maximum absolute atomic E-state index is 13.4. The number of ether oxygens (including phenoxy) is 3. The molecule has 1 aliphatic heterocycles. The summed E-state index contributed by atoms with van der Waals surface area (Å²) in [5.74, 6) is -1.07. The van der Waals surface area contributed by atoms with Gasteiger partial charge in [0.1, 0.15) is 11.5 Å². The zero-order valence-corrected chi connectivity index (χ0v) is 18.6. The monoisotopic (exact) mass is 429 g/mol. The SMILES string of the molecule is CCOC(=O)C1=C(COCCN)N=C2CC(C)(C)CC(=O)C2C1c1cnccc1OC. The highest BCUT2D eigenvalue weighted by Crippen LogP contribution is 2.48. The topological polar surface area (TPSA) is 113 Å². The number of pyridine rings is 1. The molecule has 168 valence electrons. The van der Waals surface area contributed by atoms with Crippen LogP contribution in [-0.4, -0.2) is 55.9 Å². The molecule has 1 saturated carbocycles. The van der Waals surface area contributed by atoms with Crippen LogP contribution in [0, 0.1) is 11.3 Å². The number of nitrogens with zero attached hydrogens (tertiary/aromatic N) is 2. The molecule has 0 aromatic carbocycles. The molecule has 3 rings (SSSR count). The number of hydrogen-bond acceptors (Lipinski definition) is 8. The normalized spacial score (nSPS) is 22.6. The maximum atomic E-state index is 13.4. The van der Waals surface area contributed by atoms with E-state index >= 15 is 0 Å². The first-order valence-corrected chi connectivity index (χ1v) is 10.6. The van der Waals surface area contributed by atoms with Gasteiger partial charge in [-0.3, -0.25) is 14.8 Å². The molecule has 31 heavy (non-hydrogen) atoms. The lowest BCUT2D eigenvalue weighted by molar-refractivity contribution is -0.139. The number of carbonyl (C=O) groups is 2. The Balaban J connectivity index is 2.22. The van der Waals surface area contributed by atoms with E-state index in [1.54, 1.807) is 32.5 Å². The lowest BCUT2D eigenvalue weighted by Crippen LogP contribution is -2.44. The lowest BCUT2D eigenvalue weighted by atomic mass is 9.63. The number of carbonyl (C=O) groups excluding carboxylic acids is 2. The molecule has 0 bridgehead atoms. The summed E-state index contributed by atoms with van der Waals surface area (Å²) in [7, 11) is 1.56. The van der Waals surface area contributed by atoms with Gasteiger partial charge in [0.15, 0.2) is 0 Å². The van der Waals surface area contributed by atoms with E-state index in [1.165, 1.54) is 0 Å². The Hall–Kier alpha value is -2.58. The van der Waals surface area contributed by atoms with Gasteiger partial charge in [-0.15, -0.1) is 0 Å². The molecular weight excluding hydrogens is 398 g/mol. The Bertz CT molecular complexity index is 906. The van der Waals surface area contributed by atoms with Gasteiger partial charge in [0.2, 0.25) is 0 Å². The van der Waals surface area contributed by atoms with Crippen LogP contribution in [0.15, 0.2) is 34.7 Å². The molecular formula is C23H31N3O5. The van der Waals surface area contributed by atoms with Gasteiger partial charge in [-0.25, -0.2) is 4.79 Å². The third kappa shape index (κ3) is 4.85. The fourth-order valence-corrected chi connectivity index (χ4v) is 4.46. The van der Waals surface area contributed by atoms with Crippen LogP contribution in [0.25, 0.3) is 0 Å². The van der Waals surface area contributed by atoms with Crippen molar-refractivity contribution in [2.24, 2.45) is 22.1 Å². The predicted octanol–water partition coefficient (Wildman–Crippen LogP) is 2.43. The molecule has 2 heterocycles. The molecule has 0 amide bonds. The van der Waals surface area contributed by atoms with Gasteiger partial charge in [-0.05, 0) is 24.8 Å². The Morgan fingerprint density at radius 2 is 2.06 bits per heavy atom. The van der Waals surface area contributed by atoms with Crippen molar-refractivity contribution >= 4 is 17.5 Å². The number of aliphatic imine (C=N–C) groups is 1. The van der Waals surface area contributed by atoms with Crippen LogP contribution in [0.2, 0.25) is 0 Å². The van der Waals surface area contributed by atoms with Gasteiger partial charge in [0, 0.05) is 42.6 Å². The van der Waals surface area contributed by atoms with Crippen molar-refractivity contribution in [1.82, 2.24) is 4.98 Å². The predicted molar refractivity (Wildman–Crippen MR) is 116 cm³/mol. The number of Topliss-reactive ketones (excluding diaryl/α,β-unsaturated/α-hetero) is 1. The molecule has 1 aromatic rings. The summed E-state index contributed by atoms with van der Waals surface area (Å²) < 4.78 is 16.6. The fourth-order valence-electron chi connectivity index (χ4n) is 4.46. The minimum atomic E-state index is -0.602. The highest BCUT2D eigenvalue weighted by molar-refractivity contribution is 6.12. The minimum Gasteiger partial charge on any atom is -0.496 e. The molecule has 2 unspecified atom stereocenters. The molecule has 1 fully saturated rings. The van der Waals surface area contributed by atoms with Crippen molar-refractivity contribution < 1.29 is 23.8 Å². The number of rotatable bonds is 8. The summed E-state index contributed by atoms with van der Waals surface area (Å²) in [5, 5.41) is 0. The number of methoxy groups -OCH3 is 1. The zero-order valence-electron chi connectivity index (χ0n) is 18.6. The van der Waals surface area contributed by atoms with E-state index < -0.39 is 17.8 Å². The summed E-state index contributed by atoms with van der Waals surface area (Å²) in [5.41, 5.74) is 7.58. The maximum Gasteiger partial charge on any atom is 0.336 e. The molecule has 1 aromatic heterocycles. The van der Waals surface area contributed by atoms with Crippen LogP contribution in [0.1, 0.15) is 45.1 Å². The van der Waals surface area contributed by atoms with E-state index in [2.05, 4.69) is 18.8 Å². The van der Waals surface area contributed by atoms with Crippen LogP contribution >= 0.6 is 0 Å². The zero-order chi connectivity index (χ0) is 22.6. The van der Waals surface area contributed by atoms with Crippen molar-refractivity contribution in [3.63, 3.8) is 0 Å². The Labute approximate surface area is 182 Å². The van der Waals surface area contributed by atoms with E-state index in [-0.39, 0.29) is 24.4 Å². The van der Waals surface area contributed by atoms with Gasteiger partial charge in [0.05, 0.1) is 44.1 Å². The Morgan fingerprint density at radius 3 is 2.74 bits per heavy atom. The average Bonchev–Trinajstić information content (AvgIpc) is 2.72. The second-order valence-corrected chi connectivity index (χ2v) is 8.58. The van der Waals surface area contributed by atoms with Crippen molar-refractivity contribution in [3.05, 3.63) is 35.3 Å². The van der Waals surface area contributed by atoms with Gasteiger partial charge in [0.25, 0.3) is 0 Å². The van der Waals surface area contributed by atoms with Gasteiger partial charge < -0.3 is 19.9 Å². The molecule has 0 spiro atoms. The Kier molecular flexibility index (Phi) is 7.23. The highest BCUT2D eigenvalue weighted by Gasteiger charge is 2.49. The molecule has 2 N–H and O–H groups in total. The van der Waals surface area contributed by atoms with Crippen LogP contribution in [0.5, 0.6) is 5.75 Å². The second kappa shape index (κ2) is 9.70. The summed E-state index contributed by atoms with van der Waals surface area (Å²) in [6.45, 7) is 6.85. The largest absolute Gasteiger partial charge is 0.496 e. The average molecular weight is 430 g/mol. The van der Waals surface area contributed by atoms with E-state index in [9.17, 15) is 9.59 Å². The number of esters is 1. The van der Waals surface area contributed by atoms with Crippen LogP contribution in [0.3, 0.4) is 0 Å². The molecule has 2 atom stereocenters. The van der Waals surface area contributed by atoms with Crippen molar-refractivity contribution in [2.75, 3.05) is 33.5 Å². The fraction of sp³-hybridized carbons (Fsp3) is 0.565. The smallest absolute Gasteiger partial charge is 0.336 e. The third-order valence-corrected chi connectivity index (χ3v) is 5.61. The molecule has 1 aliphatic carbocycles. The van der Waals surface area contributed by atoms with E-state index in [1.807, 2.05) is 0 Å². The first kappa shape index (κ1) is 23.1. The number of fused-ring (bicyclic) bond motifs is 1. The molecule has 8 heteroatoms. The standard InChI is InChI=1S/C23H31N3O5/c1-5-31-22(28)21-16(13-30-9-7-24)26-15-10-23(2,3)11-17(27)20(15)19(21)14-12-25-8-6-18(14)29-4/h6,8,12,19-20H,5,7,9-11,13,24H2,1-4H3. The number of hydrogen-bond donors (Lipinski definition) is 1. The van der Waals surface area contributed by atoms with Crippen molar-refractivity contribution in [2.45, 2.75) is 39.5 Å². The summed E-state index contributed by atoms with van der Waals surface area (Å²) >= 11 is 0. The summed E-state index contributed by atoms with van der Waals surface area (Å²) in [6.07, 6.45) is 4.33.